The third-order valence-corrected chi connectivity index (χ3v) is 6.77. The fraction of sp³-hybridized carbons (Fsp3) is 0.167. The van der Waals surface area contributed by atoms with Gasteiger partial charge in [0, 0.05) is 19.2 Å². The molecule has 0 bridgehead atoms. The van der Waals surface area contributed by atoms with Gasteiger partial charge in [0.1, 0.15) is 0 Å². The molecule has 166 valence electrons. The van der Waals surface area contributed by atoms with Crippen LogP contribution in [0.4, 0.5) is 11.4 Å². The lowest BCUT2D eigenvalue weighted by atomic mass is 10.1. The molecule has 7 nitrogen and oxygen atoms in total. The highest BCUT2D eigenvalue weighted by Gasteiger charge is 2.17. The number of para-hydroxylation sites is 1. The van der Waals surface area contributed by atoms with Crippen molar-refractivity contribution in [1.29, 1.82) is 0 Å². The van der Waals surface area contributed by atoms with Crippen LogP contribution in [-0.2, 0) is 16.6 Å². The van der Waals surface area contributed by atoms with Gasteiger partial charge in [-0.2, -0.15) is 0 Å². The Labute approximate surface area is 188 Å². The van der Waals surface area contributed by atoms with Crippen LogP contribution in [0, 0.1) is 0 Å². The summed E-state index contributed by atoms with van der Waals surface area (Å²) < 4.78 is 25.2. The van der Waals surface area contributed by atoms with E-state index in [4.69, 9.17) is 0 Å². The number of carbonyl (C=O) groups is 2. The van der Waals surface area contributed by atoms with E-state index < -0.39 is 15.9 Å². The maximum Gasteiger partial charge on any atom is 0.255 e. The van der Waals surface area contributed by atoms with E-state index in [1.807, 2.05) is 30.3 Å². The number of nitrogens with zero attached hydrogens (tertiary/aromatic N) is 1. The molecular weight excluding hydrogens is 426 g/mol. The van der Waals surface area contributed by atoms with E-state index in [0.29, 0.717) is 29.0 Å². The Balaban J connectivity index is 1.71. The predicted octanol–water partition coefficient (Wildman–Crippen LogP) is 3.65. The maximum atomic E-state index is 12.7. The number of rotatable bonds is 8. The summed E-state index contributed by atoms with van der Waals surface area (Å²) in [6.45, 7) is 1.94. The van der Waals surface area contributed by atoms with Gasteiger partial charge in [-0.25, -0.2) is 8.42 Å². The molecule has 0 aromatic heterocycles. The van der Waals surface area contributed by atoms with Crippen LogP contribution >= 0.6 is 0 Å². The number of benzene rings is 3. The van der Waals surface area contributed by atoms with Crippen LogP contribution in [-0.4, -0.2) is 33.0 Å². The number of hydrogen-bond acceptors (Lipinski definition) is 4. The van der Waals surface area contributed by atoms with Gasteiger partial charge in [-0.3, -0.25) is 13.9 Å². The molecule has 2 N–H and O–H groups in total. The Hall–Kier alpha value is -3.65. The average Bonchev–Trinajstić information content (AvgIpc) is 2.83. The second-order valence-electron chi connectivity index (χ2n) is 7.08. The van der Waals surface area contributed by atoms with E-state index in [-0.39, 0.29) is 11.7 Å². The molecule has 0 radical (unpaired) electrons. The highest BCUT2D eigenvalue weighted by Crippen LogP contribution is 2.20. The molecule has 0 spiro atoms. The zero-order valence-corrected chi connectivity index (χ0v) is 18.7. The lowest BCUT2D eigenvalue weighted by Gasteiger charge is -2.18. The third kappa shape index (κ3) is 5.53. The minimum atomic E-state index is -3.39. The van der Waals surface area contributed by atoms with Gasteiger partial charge < -0.3 is 10.6 Å². The number of amides is 2. The molecule has 3 aromatic carbocycles. The predicted molar refractivity (Wildman–Crippen MR) is 126 cm³/mol. The molecule has 0 fully saturated rings. The monoisotopic (exact) mass is 451 g/mol. The van der Waals surface area contributed by atoms with Crippen LogP contribution in [0.3, 0.4) is 0 Å². The number of anilines is 2. The van der Waals surface area contributed by atoms with Gasteiger partial charge in [-0.05, 0) is 48.9 Å². The molecule has 8 heteroatoms. The zero-order chi connectivity index (χ0) is 23.1. The molecule has 32 heavy (non-hydrogen) atoms. The highest BCUT2D eigenvalue weighted by molar-refractivity contribution is 7.92. The molecule has 0 saturated heterocycles. The van der Waals surface area contributed by atoms with Gasteiger partial charge in [0.15, 0.2) is 0 Å². The Bertz CT molecular complexity index is 1190. The molecule has 2 amide bonds. The fourth-order valence-electron chi connectivity index (χ4n) is 3.04. The van der Waals surface area contributed by atoms with Crippen molar-refractivity contribution in [3.8, 4) is 0 Å². The van der Waals surface area contributed by atoms with Crippen molar-refractivity contribution in [2.45, 2.75) is 13.5 Å². The highest BCUT2D eigenvalue weighted by atomic mass is 32.2. The topological polar surface area (TPSA) is 95.6 Å². The molecule has 0 aliphatic heterocycles. The Morgan fingerprint density at radius 3 is 2.12 bits per heavy atom. The molecule has 0 aliphatic rings. The second kappa shape index (κ2) is 10.1. The summed E-state index contributed by atoms with van der Waals surface area (Å²) in [7, 11) is -1.91. The Morgan fingerprint density at radius 1 is 0.844 bits per heavy atom. The van der Waals surface area contributed by atoms with E-state index >= 15 is 0 Å². The summed E-state index contributed by atoms with van der Waals surface area (Å²) in [5.74, 6) is -0.721. The number of carbonyl (C=O) groups excluding carboxylic acids is 2. The van der Waals surface area contributed by atoms with E-state index in [2.05, 4.69) is 10.6 Å². The molecular formula is C24H25N3O4S. The second-order valence-corrected chi connectivity index (χ2v) is 9.37. The average molecular weight is 452 g/mol. The number of sulfonamides is 1. The Morgan fingerprint density at radius 2 is 1.47 bits per heavy atom. The summed E-state index contributed by atoms with van der Waals surface area (Å²) in [4.78, 5) is 25.4. The number of hydrogen-bond donors (Lipinski definition) is 2. The van der Waals surface area contributed by atoms with Crippen molar-refractivity contribution in [3.05, 3.63) is 95.6 Å². The lowest BCUT2D eigenvalue weighted by Crippen LogP contribution is -2.28. The molecule has 0 unspecified atom stereocenters. The van der Waals surface area contributed by atoms with E-state index in [9.17, 15) is 18.0 Å². The minimum Gasteiger partial charge on any atom is -0.348 e. The normalized spacial score (nSPS) is 10.9. The van der Waals surface area contributed by atoms with Crippen molar-refractivity contribution in [2.75, 3.05) is 22.4 Å². The Kier molecular flexibility index (Phi) is 7.27. The lowest BCUT2D eigenvalue weighted by molar-refractivity contribution is 0.0951. The fourth-order valence-corrected chi connectivity index (χ4v) is 3.87. The summed E-state index contributed by atoms with van der Waals surface area (Å²) in [5.41, 5.74) is 2.51. The minimum absolute atomic E-state index is 0.0190. The van der Waals surface area contributed by atoms with Crippen molar-refractivity contribution >= 4 is 33.2 Å². The van der Waals surface area contributed by atoms with Crippen molar-refractivity contribution in [1.82, 2.24) is 5.32 Å². The SMILES string of the molecule is CCS(=O)(=O)N(C)c1ccc(C(=O)Nc2ccccc2C(=O)NCc2ccccc2)cc1. The largest absolute Gasteiger partial charge is 0.348 e. The van der Waals surface area contributed by atoms with Crippen LogP contribution in [0.1, 0.15) is 33.2 Å². The van der Waals surface area contributed by atoms with Gasteiger partial charge >= 0.3 is 0 Å². The van der Waals surface area contributed by atoms with Crippen LogP contribution in [0.5, 0.6) is 0 Å². The molecule has 0 aliphatic carbocycles. The standard InChI is InChI=1S/C24H25N3O4S/c1-3-32(30,31)27(2)20-15-13-19(14-16-20)23(28)26-22-12-8-7-11-21(22)24(29)25-17-18-9-5-4-6-10-18/h4-16H,3,17H2,1-2H3,(H,25,29)(H,26,28). The van der Waals surface area contributed by atoms with Crippen molar-refractivity contribution in [2.24, 2.45) is 0 Å². The zero-order valence-electron chi connectivity index (χ0n) is 17.9. The van der Waals surface area contributed by atoms with Crippen LogP contribution in [0.25, 0.3) is 0 Å². The van der Waals surface area contributed by atoms with Gasteiger partial charge in [0.05, 0.1) is 22.7 Å². The van der Waals surface area contributed by atoms with Gasteiger partial charge in [-0.1, -0.05) is 42.5 Å². The molecule has 0 heterocycles. The van der Waals surface area contributed by atoms with Gasteiger partial charge in [0.2, 0.25) is 10.0 Å². The molecule has 3 rings (SSSR count). The molecule has 0 atom stereocenters. The van der Waals surface area contributed by atoms with E-state index in [1.54, 1.807) is 55.5 Å². The first-order valence-corrected chi connectivity index (χ1v) is 11.7. The molecule has 3 aromatic rings. The molecule has 0 saturated carbocycles. The quantitative estimate of drug-likeness (QED) is 0.546. The summed E-state index contributed by atoms with van der Waals surface area (Å²) in [5, 5.41) is 5.62. The van der Waals surface area contributed by atoms with E-state index in [1.165, 1.54) is 11.4 Å². The van der Waals surface area contributed by atoms with Gasteiger partial charge in [0.25, 0.3) is 11.8 Å². The van der Waals surface area contributed by atoms with Crippen LogP contribution in [0.15, 0.2) is 78.9 Å². The first-order chi connectivity index (χ1) is 15.3. The first-order valence-electron chi connectivity index (χ1n) is 10.1. The number of nitrogens with one attached hydrogen (secondary N) is 2. The van der Waals surface area contributed by atoms with Crippen LogP contribution in [0.2, 0.25) is 0 Å². The summed E-state index contributed by atoms with van der Waals surface area (Å²) in [6, 6.07) is 22.5. The van der Waals surface area contributed by atoms with E-state index in [0.717, 1.165) is 5.56 Å². The van der Waals surface area contributed by atoms with Crippen molar-refractivity contribution < 1.29 is 18.0 Å². The first kappa shape index (κ1) is 23.0. The smallest absolute Gasteiger partial charge is 0.255 e. The third-order valence-electron chi connectivity index (χ3n) is 4.99. The summed E-state index contributed by atoms with van der Waals surface area (Å²) in [6.07, 6.45) is 0. The summed E-state index contributed by atoms with van der Waals surface area (Å²) >= 11 is 0. The van der Waals surface area contributed by atoms with Crippen LogP contribution < -0.4 is 14.9 Å². The van der Waals surface area contributed by atoms with Crippen molar-refractivity contribution in [3.63, 3.8) is 0 Å². The maximum absolute atomic E-state index is 12.7. The van der Waals surface area contributed by atoms with Gasteiger partial charge in [-0.15, -0.1) is 0 Å².